The maximum Gasteiger partial charge on any atom is 0.339 e. The maximum atomic E-state index is 12.4. The van der Waals surface area contributed by atoms with E-state index in [4.69, 9.17) is 16.3 Å². The molecule has 4 rings (SSSR count). The zero-order valence-corrected chi connectivity index (χ0v) is 15.1. The molecule has 2 aromatic rings. The topological polar surface area (TPSA) is 26.3 Å². The van der Waals surface area contributed by atoms with E-state index in [9.17, 15) is 4.79 Å². The Hall–Kier alpha value is -2.06. The van der Waals surface area contributed by atoms with Crippen molar-refractivity contribution < 1.29 is 9.53 Å². The molecule has 0 aromatic heterocycles. The second kappa shape index (κ2) is 6.34. The molecule has 3 heteroatoms. The Labute approximate surface area is 153 Å². The van der Waals surface area contributed by atoms with E-state index in [0.717, 1.165) is 18.4 Å². The van der Waals surface area contributed by atoms with Gasteiger partial charge in [0.05, 0.1) is 17.7 Å². The number of carbonyl (C=O) groups is 1. The highest BCUT2D eigenvalue weighted by molar-refractivity contribution is 6.34. The summed E-state index contributed by atoms with van der Waals surface area (Å²) >= 11 is 6.39. The van der Waals surface area contributed by atoms with Crippen LogP contribution in [0.1, 0.15) is 59.2 Å². The molecule has 0 aliphatic heterocycles. The zero-order chi connectivity index (χ0) is 17.4. The van der Waals surface area contributed by atoms with Gasteiger partial charge in [0.1, 0.15) is 0 Å². The number of carbonyl (C=O) groups excluding carboxylic acids is 1. The van der Waals surface area contributed by atoms with Gasteiger partial charge in [-0.05, 0) is 47.2 Å². The maximum absolute atomic E-state index is 12.4. The Morgan fingerprint density at radius 1 is 1.04 bits per heavy atom. The number of fused-ring (bicyclic) bond motifs is 2. The molecule has 2 aliphatic rings. The standard InChI is InChI=1S/C22H21ClO2/c1-25-21(24)20-16(9-7-11-19(20)23)18-14-15-8-3-4-10-17(15)22(18)12-5-2-6-13-22/h3-4,7-11,14H,2,5-6,12-13H2,1H3. The summed E-state index contributed by atoms with van der Waals surface area (Å²) < 4.78 is 5.02. The second-order valence-electron chi connectivity index (χ2n) is 6.94. The van der Waals surface area contributed by atoms with Crippen LogP contribution in [0.3, 0.4) is 0 Å². The highest BCUT2D eigenvalue weighted by Crippen LogP contribution is 2.55. The Kier molecular flexibility index (Phi) is 4.16. The third-order valence-corrected chi connectivity index (χ3v) is 6.01. The van der Waals surface area contributed by atoms with E-state index in [1.165, 1.54) is 43.1 Å². The fourth-order valence-electron chi connectivity index (χ4n) is 4.59. The molecule has 0 atom stereocenters. The average Bonchev–Trinajstić information content (AvgIpc) is 2.95. The van der Waals surface area contributed by atoms with Crippen LogP contribution in [-0.4, -0.2) is 13.1 Å². The lowest BCUT2D eigenvalue weighted by atomic mass is 9.65. The first-order valence-corrected chi connectivity index (χ1v) is 9.24. The minimum absolute atomic E-state index is 0.0116. The summed E-state index contributed by atoms with van der Waals surface area (Å²) in [5, 5.41) is 0.451. The second-order valence-corrected chi connectivity index (χ2v) is 7.35. The van der Waals surface area contributed by atoms with Crippen LogP contribution < -0.4 is 0 Å². The van der Waals surface area contributed by atoms with E-state index in [2.05, 4.69) is 30.3 Å². The molecule has 2 aliphatic carbocycles. The first kappa shape index (κ1) is 16.4. The molecule has 0 heterocycles. The Morgan fingerprint density at radius 2 is 1.80 bits per heavy atom. The molecule has 25 heavy (non-hydrogen) atoms. The largest absolute Gasteiger partial charge is 0.465 e. The summed E-state index contributed by atoms with van der Waals surface area (Å²) in [4.78, 5) is 12.4. The van der Waals surface area contributed by atoms with Crippen molar-refractivity contribution in [2.75, 3.05) is 7.11 Å². The Balaban J connectivity index is 1.94. The Morgan fingerprint density at radius 3 is 2.56 bits per heavy atom. The molecule has 1 fully saturated rings. The molecule has 2 nitrogen and oxygen atoms in total. The fraction of sp³-hybridized carbons (Fsp3) is 0.318. The van der Waals surface area contributed by atoms with Crippen molar-refractivity contribution in [1.29, 1.82) is 0 Å². The molecule has 128 valence electrons. The number of hydrogen-bond donors (Lipinski definition) is 0. The van der Waals surface area contributed by atoms with E-state index in [1.54, 1.807) is 6.07 Å². The van der Waals surface area contributed by atoms with E-state index in [-0.39, 0.29) is 11.4 Å². The number of hydrogen-bond acceptors (Lipinski definition) is 2. The number of esters is 1. The number of rotatable bonds is 2. The molecule has 0 amide bonds. The van der Waals surface area contributed by atoms with E-state index >= 15 is 0 Å². The van der Waals surface area contributed by atoms with E-state index in [1.807, 2.05) is 12.1 Å². The number of ether oxygens (including phenoxy) is 1. The van der Waals surface area contributed by atoms with Gasteiger partial charge in [-0.2, -0.15) is 0 Å². The van der Waals surface area contributed by atoms with Crippen molar-refractivity contribution in [3.63, 3.8) is 0 Å². The van der Waals surface area contributed by atoms with Gasteiger partial charge in [-0.15, -0.1) is 0 Å². The van der Waals surface area contributed by atoms with Gasteiger partial charge in [-0.1, -0.05) is 67.3 Å². The van der Waals surface area contributed by atoms with Crippen LogP contribution in [0, 0.1) is 0 Å². The van der Waals surface area contributed by atoms with E-state index < -0.39 is 0 Å². The summed E-state index contributed by atoms with van der Waals surface area (Å²) in [7, 11) is 1.41. The quantitative estimate of drug-likeness (QED) is 0.630. The lowest BCUT2D eigenvalue weighted by Gasteiger charge is -2.38. The summed E-state index contributed by atoms with van der Waals surface area (Å²) in [6.07, 6.45) is 8.17. The molecule has 0 bridgehead atoms. The highest BCUT2D eigenvalue weighted by Gasteiger charge is 2.43. The van der Waals surface area contributed by atoms with Crippen LogP contribution in [0.5, 0.6) is 0 Å². The third kappa shape index (κ3) is 2.51. The highest BCUT2D eigenvalue weighted by atomic mass is 35.5. The van der Waals surface area contributed by atoms with Gasteiger partial charge >= 0.3 is 5.97 Å². The predicted octanol–water partition coefficient (Wildman–Crippen LogP) is 5.88. The molecule has 0 saturated heterocycles. The van der Waals surface area contributed by atoms with Crippen molar-refractivity contribution in [2.45, 2.75) is 37.5 Å². The van der Waals surface area contributed by atoms with Crippen molar-refractivity contribution in [1.82, 2.24) is 0 Å². The van der Waals surface area contributed by atoms with Crippen molar-refractivity contribution in [2.24, 2.45) is 0 Å². The fourth-order valence-corrected chi connectivity index (χ4v) is 4.84. The number of allylic oxidation sites excluding steroid dienone is 1. The number of methoxy groups -OCH3 is 1. The summed E-state index contributed by atoms with van der Waals surface area (Å²) in [6.45, 7) is 0. The normalized spacial score (nSPS) is 17.9. The van der Waals surface area contributed by atoms with Crippen molar-refractivity contribution >= 4 is 29.2 Å². The van der Waals surface area contributed by atoms with Gasteiger partial charge in [0, 0.05) is 5.41 Å². The molecule has 1 saturated carbocycles. The zero-order valence-electron chi connectivity index (χ0n) is 14.3. The molecule has 0 radical (unpaired) electrons. The van der Waals surface area contributed by atoms with Crippen molar-refractivity contribution in [3.8, 4) is 0 Å². The molecule has 0 N–H and O–H groups in total. The van der Waals surface area contributed by atoms with Crippen LogP contribution in [0.25, 0.3) is 11.6 Å². The van der Waals surface area contributed by atoms with Gasteiger partial charge < -0.3 is 4.74 Å². The predicted molar refractivity (Wildman–Crippen MR) is 102 cm³/mol. The van der Waals surface area contributed by atoms with Crippen LogP contribution in [-0.2, 0) is 10.2 Å². The summed E-state index contributed by atoms with van der Waals surface area (Å²) in [5.41, 5.74) is 5.25. The molecular weight excluding hydrogens is 332 g/mol. The van der Waals surface area contributed by atoms with Crippen molar-refractivity contribution in [3.05, 3.63) is 69.7 Å². The Bertz CT molecular complexity index is 860. The van der Waals surface area contributed by atoms with Gasteiger partial charge in [0.25, 0.3) is 0 Å². The van der Waals surface area contributed by atoms with Crippen LogP contribution in [0.15, 0.2) is 42.5 Å². The molecule has 2 aromatic carbocycles. The number of halogens is 1. The molecule has 1 spiro atoms. The molecule has 0 unspecified atom stereocenters. The lowest BCUT2D eigenvalue weighted by molar-refractivity contribution is 0.0600. The summed E-state index contributed by atoms with van der Waals surface area (Å²) in [6, 6.07) is 14.3. The first-order chi connectivity index (χ1) is 12.2. The first-order valence-electron chi connectivity index (χ1n) is 8.86. The minimum Gasteiger partial charge on any atom is -0.465 e. The van der Waals surface area contributed by atoms with Crippen LogP contribution in [0.2, 0.25) is 5.02 Å². The van der Waals surface area contributed by atoms with Gasteiger partial charge in [0.15, 0.2) is 0 Å². The van der Waals surface area contributed by atoms with Gasteiger partial charge in [-0.25, -0.2) is 4.79 Å². The smallest absolute Gasteiger partial charge is 0.339 e. The van der Waals surface area contributed by atoms with E-state index in [0.29, 0.717) is 10.6 Å². The minimum atomic E-state index is -0.372. The van der Waals surface area contributed by atoms with Gasteiger partial charge in [-0.3, -0.25) is 0 Å². The summed E-state index contributed by atoms with van der Waals surface area (Å²) in [5.74, 6) is -0.372. The molecular formula is C22H21ClO2. The van der Waals surface area contributed by atoms with Crippen LogP contribution in [0.4, 0.5) is 0 Å². The average molecular weight is 353 g/mol. The van der Waals surface area contributed by atoms with Crippen LogP contribution >= 0.6 is 11.6 Å². The number of benzene rings is 2. The SMILES string of the molecule is COC(=O)c1c(Cl)cccc1C1=Cc2ccccc2C12CCCCC2. The monoisotopic (exact) mass is 352 g/mol. The lowest BCUT2D eigenvalue weighted by Crippen LogP contribution is -2.29. The van der Waals surface area contributed by atoms with Gasteiger partial charge in [0.2, 0.25) is 0 Å². The third-order valence-electron chi connectivity index (χ3n) is 5.69.